The van der Waals surface area contributed by atoms with Crippen LogP contribution in [0.4, 0.5) is 5.69 Å². The normalized spacial score (nSPS) is 19.7. The second-order valence-corrected chi connectivity index (χ2v) is 4.05. The predicted molar refractivity (Wildman–Crippen MR) is 60.7 cm³/mol. The van der Waals surface area contributed by atoms with E-state index >= 15 is 0 Å². The molecule has 0 aliphatic carbocycles. The van der Waals surface area contributed by atoms with Crippen molar-refractivity contribution in [2.75, 3.05) is 32.2 Å². The standard InChI is InChI=1S/C12H17NO2/c1-9-4-5-12-11(6-9)13(2)7-10(15-12)8-14-3/h4-6,10H,7-8H2,1-3H3/t10-/m1/s1. The number of rotatable bonds is 2. The van der Waals surface area contributed by atoms with Crippen molar-refractivity contribution in [2.45, 2.75) is 13.0 Å². The number of likely N-dealkylation sites (N-methyl/N-ethyl adjacent to an activating group) is 1. The second kappa shape index (κ2) is 4.11. The molecule has 1 heterocycles. The van der Waals surface area contributed by atoms with Gasteiger partial charge in [0.2, 0.25) is 0 Å². The summed E-state index contributed by atoms with van der Waals surface area (Å²) in [5.74, 6) is 0.955. The van der Waals surface area contributed by atoms with Crippen LogP contribution < -0.4 is 9.64 Å². The van der Waals surface area contributed by atoms with Gasteiger partial charge in [-0.25, -0.2) is 0 Å². The number of nitrogens with zero attached hydrogens (tertiary/aromatic N) is 1. The van der Waals surface area contributed by atoms with E-state index in [4.69, 9.17) is 9.47 Å². The van der Waals surface area contributed by atoms with E-state index in [1.807, 2.05) is 6.07 Å². The lowest BCUT2D eigenvalue weighted by molar-refractivity contribution is 0.0801. The van der Waals surface area contributed by atoms with Crippen LogP contribution in [0.3, 0.4) is 0 Å². The van der Waals surface area contributed by atoms with Gasteiger partial charge in [-0.2, -0.15) is 0 Å². The molecular weight excluding hydrogens is 190 g/mol. The molecule has 0 radical (unpaired) electrons. The lowest BCUT2D eigenvalue weighted by Gasteiger charge is -2.33. The number of hydrogen-bond acceptors (Lipinski definition) is 3. The lowest BCUT2D eigenvalue weighted by atomic mass is 10.1. The summed E-state index contributed by atoms with van der Waals surface area (Å²) >= 11 is 0. The van der Waals surface area contributed by atoms with E-state index in [0.29, 0.717) is 6.61 Å². The number of methoxy groups -OCH3 is 1. The van der Waals surface area contributed by atoms with Crippen LogP contribution in [0.2, 0.25) is 0 Å². The highest BCUT2D eigenvalue weighted by Crippen LogP contribution is 2.33. The molecule has 1 aliphatic rings. The topological polar surface area (TPSA) is 21.7 Å². The van der Waals surface area contributed by atoms with E-state index in [1.54, 1.807) is 7.11 Å². The van der Waals surface area contributed by atoms with Gasteiger partial charge in [0, 0.05) is 14.2 Å². The van der Waals surface area contributed by atoms with Crippen molar-refractivity contribution in [1.29, 1.82) is 0 Å². The fourth-order valence-corrected chi connectivity index (χ4v) is 1.92. The van der Waals surface area contributed by atoms with Crippen LogP contribution in [0.15, 0.2) is 18.2 Å². The van der Waals surface area contributed by atoms with E-state index in [9.17, 15) is 0 Å². The molecule has 1 aliphatic heterocycles. The Bertz CT molecular complexity index is 351. The first-order valence-electron chi connectivity index (χ1n) is 5.18. The molecule has 3 heteroatoms. The van der Waals surface area contributed by atoms with Gasteiger partial charge in [0.1, 0.15) is 11.9 Å². The van der Waals surface area contributed by atoms with Crippen molar-refractivity contribution in [1.82, 2.24) is 0 Å². The average molecular weight is 207 g/mol. The molecule has 15 heavy (non-hydrogen) atoms. The van der Waals surface area contributed by atoms with Crippen LogP contribution in [0.5, 0.6) is 5.75 Å². The summed E-state index contributed by atoms with van der Waals surface area (Å²) in [4.78, 5) is 2.22. The first kappa shape index (κ1) is 10.3. The third-order valence-electron chi connectivity index (χ3n) is 2.65. The highest BCUT2D eigenvalue weighted by Gasteiger charge is 2.22. The zero-order valence-corrected chi connectivity index (χ0v) is 9.49. The van der Waals surface area contributed by atoms with E-state index in [2.05, 4.69) is 31.0 Å². The molecule has 1 aromatic rings. The summed E-state index contributed by atoms with van der Waals surface area (Å²) in [5, 5.41) is 0. The zero-order valence-electron chi connectivity index (χ0n) is 9.49. The van der Waals surface area contributed by atoms with Crippen molar-refractivity contribution in [3.8, 4) is 5.75 Å². The lowest BCUT2D eigenvalue weighted by Crippen LogP contribution is -2.40. The number of ether oxygens (including phenoxy) is 2. The van der Waals surface area contributed by atoms with Crippen LogP contribution in [-0.2, 0) is 4.74 Å². The van der Waals surface area contributed by atoms with Crippen molar-refractivity contribution in [3.05, 3.63) is 23.8 Å². The minimum absolute atomic E-state index is 0.134. The highest BCUT2D eigenvalue weighted by atomic mass is 16.5. The summed E-state index contributed by atoms with van der Waals surface area (Å²) in [7, 11) is 3.79. The number of benzene rings is 1. The molecule has 3 nitrogen and oxygen atoms in total. The Kier molecular flexibility index (Phi) is 2.82. The summed E-state index contributed by atoms with van der Waals surface area (Å²) in [6, 6.07) is 6.25. The van der Waals surface area contributed by atoms with E-state index in [1.165, 1.54) is 11.3 Å². The Labute approximate surface area is 90.6 Å². The monoisotopic (exact) mass is 207 g/mol. The Morgan fingerprint density at radius 1 is 1.53 bits per heavy atom. The molecule has 0 fully saturated rings. The summed E-state index contributed by atoms with van der Waals surface area (Å²) < 4.78 is 10.9. The SMILES string of the molecule is COC[C@H]1CN(C)c2cc(C)ccc2O1. The fraction of sp³-hybridized carbons (Fsp3) is 0.500. The minimum atomic E-state index is 0.134. The highest BCUT2D eigenvalue weighted by molar-refractivity contribution is 5.61. The number of hydrogen-bond donors (Lipinski definition) is 0. The van der Waals surface area contributed by atoms with Crippen molar-refractivity contribution in [3.63, 3.8) is 0 Å². The Morgan fingerprint density at radius 2 is 2.33 bits per heavy atom. The van der Waals surface area contributed by atoms with Gasteiger partial charge in [-0.15, -0.1) is 0 Å². The Balaban J connectivity index is 2.24. The van der Waals surface area contributed by atoms with Crippen LogP contribution in [-0.4, -0.2) is 33.4 Å². The van der Waals surface area contributed by atoms with Crippen LogP contribution in [0.25, 0.3) is 0 Å². The third-order valence-corrected chi connectivity index (χ3v) is 2.65. The molecule has 0 spiro atoms. The van der Waals surface area contributed by atoms with Gasteiger partial charge >= 0.3 is 0 Å². The molecule has 0 bridgehead atoms. The van der Waals surface area contributed by atoms with Crippen molar-refractivity contribution >= 4 is 5.69 Å². The summed E-state index contributed by atoms with van der Waals surface area (Å²) in [5.41, 5.74) is 2.43. The Hall–Kier alpha value is -1.22. The van der Waals surface area contributed by atoms with Gasteiger partial charge in [0.15, 0.2) is 0 Å². The van der Waals surface area contributed by atoms with Crippen molar-refractivity contribution < 1.29 is 9.47 Å². The molecule has 0 N–H and O–H groups in total. The van der Waals surface area contributed by atoms with Crippen LogP contribution >= 0.6 is 0 Å². The first-order valence-corrected chi connectivity index (χ1v) is 5.18. The molecule has 0 saturated heterocycles. The first-order chi connectivity index (χ1) is 7.20. The smallest absolute Gasteiger partial charge is 0.143 e. The minimum Gasteiger partial charge on any atom is -0.484 e. The quantitative estimate of drug-likeness (QED) is 0.738. The van der Waals surface area contributed by atoms with Crippen LogP contribution in [0.1, 0.15) is 5.56 Å². The van der Waals surface area contributed by atoms with E-state index in [0.717, 1.165) is 12.3 Å². The molecular formula is C12H17NO2. The number of aryl methyl sites for hydroxylation is 1. The number of fused-ring (bicyclic) bond motifs is 1. The van der Waals surface area contributed by atoms with Gasteiger partial charge in [-0.1, -0.05) is 6.07 Å². The molecule has 0 saturated carbocycles. The van der Waals surface area contributed by atoms with Gasteiger partial charge in [0.25, 0.3) is 0 Å². The maximum absolute atomic E-state index is 5.83. The fourth-order valence-electron chi connectivity index (χ4n) is 1.92. The predicted octanol–water partition coefficient (Wildman–Crippen LogP) is 1.84. The largest absolute Gasteiger partial charge is 0.484 e. The molecule has 0 unspecified atom stereocenters. The zero-order chi connectivity index (χ0) is 10.8. The number of anilines is 1. The van der Waals surface area contributed by atoms with Gasteiger partial charge in [-0.3, -0.25) is 0 Å². The van der Waals surface area contributed by atoms with E-state index in [-0.39, 0.29) is 6.10 Å². The molecule has 2 rings (SSSR count). The summed E-state index contributed by atoms with van der Waals surface area (Å²) in [6.45, 7) is 3.61. The molecule has 0 aromatic heterocycles. The average Bonchev–Trinajstić information content (AvgIpc) is 2.20. The molecule has 1 atom stereocenters. The molecule has 1 aromatic carbocycles. The Morgan fingerprint density at radius 3 is 3.07 bits per heavy atom. The van der Waals surface area contributed by atoms with E-state index < -0.39 is 0 Å². The second-order valence-electron chi connectivity index (χ2n) is 4.05. The summed E-state index contributed by atoms with van der Waals surface area (Å²) in [6.07, 6.45) is 0.134. The maximum Gasteiger partial charge on any atom is 0.143 e. The molecule has 0 amide bonds. The van der Waals surface area contributed by atoms with Crippen molar-refractivity contribution in [2.24, 2.45) is 0 Å². The van der Waals surface area contributed by atoms with Gasteiger partial charge in [0.05, 0.1) is 18.8 Å². The molecule has 82 valence electrons. The van der Waals surface area contributed by atoms with Crippen LogP contribution in [0, 0.1) is 6.92 Å². The maximum atomic E-state index is 5.83. The van der Waals surface area contributed by atoms with Gasteiger partial charge in [-0.05, 0) is 24.6 Å². The third kappa shape index (κ3) is 2.07. The van der Waals surface area contributed by atoms with Gasteiger partial charge < -0.3 is 14.4 Å².